The summed E-state index contributed by atoms with van der Waals surface area (Å²) in [6.07, 6.45) is 0.628. The molecule has 0 radical (unpaired) electrons. The third-order valence-electron chi connectivity index (χ3n) is 4.36. The van der Waals surface area contributed by atoms with Crippen LogP contribution >= 0.6 is 0 Å². The Morgan fingerprint density at radius 2 is 1.91 bits per heavy atom. The van der Waals surface area contributed by atoms with Crippen LogP contribution in [-0.2, 0) is 4.74 Å². The summed E-state index contributed by atoms with van der Waals surface area (Å²) in [4.78, 5) is 14.3. The largest absolute Gasteiger partial charge is 0.444 e. The number of likely N-dealkylation sites (N-methyl/N-ethyl adjacent to an activating group) is 1. The van der Waals surface area contributed by atoms with Crippen molar-refractivity contribution in [3.63, 3.8) is 0 Å². The van der Waals surface area contributed by atoms with Crippen LogP contribution in [0.2, 0.25) is 0 Å². The van der Waals surface area contributed by atoms with Gasteiger partial charge < -0.3 is 15.0 Å². The minimum absolute atomic E-state index is 0.121. The Balaban J connectivity index is 2.04. The van der Waals surface area contributed by atoms with Gasteiger partial charge in [-0.25, -0.2) is 4.79 Å². The third kappa shape index (κ3) is 5.24. The zero-order chi connectivity index (χ0) is 17.2. The van der Waals surface area contributed by atoms with Crippen LogP contribution in [0.15, 0.2) is 18.2 Å². The van der Waals surface area contributed by atoms with Gasteiger partial charge in [0, 0.05) is 19.1 Å². The fourth-order valence-corrected chi connectivity index (χ4v) is 3.16. The Morgan fingerprint density at radius 1 is 1.22 bits per heavy atom. The molecule has 1 aromatic carbocycles. The number of carbonyl (C=O) groups is 1. The van der Waals surface area contributed by atoms with E-state index in [1.54, 1.807) is 0 Å². The van der Waals surface area contributed by atoms with Crippen molar-refractivity contribution in [2.45, 2.75) is 58.6 Å². The maximum Gasteiger partial charge on any atom is 0.407 e. The topological polar surface area (TPSA) is 41.6 Å². The number of hydrogen-bond donors (Lipinski definition) is 1. The van der Waals surface area contributed by atoms with Gasteiger partial charge in [0.15, 0.2) is 0 Å². The minimum Gasteiger partial charge on any atom is -0.444 e. The Kier molecular flexibility index (Phi) is 5.35. The van der Waals surface area contributed by atoms with Crippen molar-refractivity contribution in [3.05, 3.63) is 34.9 Å². The van der Waals surface area contributed by atoms with Crippen LogP contribution in [0.4, 0.5) is 4.79 Å². The van der Waals surface area contributed by atoms with Gasteiger partial charge in [-0.05, 0) is 70.7 Å². The summed E-state index contributed by atoms with van der Waals surface area (Å²) < 4.78 is 5.38. The second kappa shape index (κ2) is 6.91. The molecule has 2 unspecified atom stereocenters. The highest BCUT2D eigenvalue weighted by atomic mass is 16.6. The van der Waals surface area contributed by atoms with Gasteiger partial charge in [-0.3, -0.25) is 0 Å². The molecule has 1 saturated heterocycles. The van der Waals surface area contributed by atoms with Crippen LogP contribution in [0, 0.1) is 13.8 Å². The predicted molar refractivity (Wildman–Crippen MR) is 93.9 cm³/mol. The van der Waals surface area contributed by atoms with Gasteiger partial charge >= 0.3 is 6.09 Å². The average Bonchev–Trinajstić information content (AvgIpc) is 2.38. The fraction of sp³-hybridized carbons (Fsp3) is 0.632. The summed E-state index contributed by atoms with van der Waals surface area (Å²) in [6.45, 7) is 11.8. The lowest BCUT2D eigenvalue weighted by Crippen LogP contribution is -2.49. The number of rotatable bonds is 2. The number of benzene rings is 1. The van der Waals surface area contributed by atoms with Gasteiger partial charge in [0.05, 0.1) is 0 Å². The Labute approximate surface area is 140 Å². The molecule has 0 aromatic heterocycles. The first-order valence-electron chi connectivity index (χ1n) is 8.39. The Hall–Kier alpha value is -1.55. The average molecular weight is 318 g/mol. The first-order valence-corrected chi connectivity index (χ1v) is 8.39. The number of hydrogen-bond acceptors (Lipinski definition) is 3. The highest BCUT2D eigenvalue weighted by Crippen LogP contribution is 2.28. The standard InChI is InChI=1S/C19H30N2O2/c1-13-7-8-15(9-14(13)2)16-10-17(12-21(6)11-16)20-18(22)23-19(3,4)5/h7-9,16-17H,10-12H2,1-6H3,(H,20,22). The molecular weight excluding hydrogens is 288 g/mol. The molecule has 0 spiro atoms. The Morgan fingerprint density at radius 3 is 2.52 bits per heavy atom. The molecule has 1 aliphatic rings. The maximum atomic E-state index is 12.0. The van der Waals surface area contributed by atoms with Crippen LogP contribution in [-0.4, -0.2) is 42.8 Å². The summed E-state index contributed by atoms with van der Waals surface area (Å²) in [5, 5.41) is 3.03. The first-order chi connectivity index (χ1) is 10.6. The summed E-state index contributed by atoms with van der Waals surface area (Å²) in [5.74, 6) is 0.438. The zero-order valence-corrected chi connectivity index (χ0v) is 15.3. The van der Waals surface area contributed by atoms with Crippen LogP contribution in [0.25, 0.3) is 0 Å². The highest BCUT2D eigenvalue weighted by Gasteiger charge is 2.29. The van der Waals surface area contributed by atoms with Crippen molar-refractivity contribution in [3.8, 4) is 0 Å². The molecule has 1 aromatic rings. The van der Waals surface area contributed by atoms with Gasteiger partial charge in [-0.1, -0.05) is 18.2 Å². The van der Waals surface area contributed by atoms with E-state index >= 15 is 0 Å². The number of amides is 1. The van der Waals surface area contributed by atoms with E-state index in [0.29, 0.717) is 5.92 Å². The molecule has 2 rings (SSSR count). The molecule has 0 saturated carbocycles. The molecule has 0 bridgehead atoms. The summed E-state index contributed by atoms with van der Waals surface area (Å²) in [5.41, 5.74) is 3.54. The molecule has 128 valence electrons. The van der Waals surface area contributed by atoms with Gasteiger partial charge in [-0.15, -0.1) is 0 Å². The molecule has 1 aliphatic heterocycles. The highest BCUT2D eigenvalue weighted by molar-refractivity contribution is 5.68. The molecule has 4 heteroatoms. The molecule has 1 fully saturated rings. The van der Waals surface area contributed by atoms with Gasteiger partial charge in [0.2, 0.25) is 0 Å². The van der Waals surface area contributed by atoms with Crippen LogP contribution in [0.5, 0.6) is 0 Å². The normalized spacial score (nSPS) is 22.7. The number of piperidine rings is 1. The van der Waals surface area contributed by atoms with Crippen molar-refractivity contribution >= 4 is 6.09 Å². The lowest BCUT2D eigenvalue weighted by molar-refractivity contribution is 0.0473. The van der Waals surface area contributed by atoms with E-state index in [0.717, 1.165) is 19.5 Å². The molecule has 1 amide bonds. The van der Waals surface area contributed by atoms with Crippen molar-refractivity contribution < 1.29 is 9.53 Å². The van der Waals surface area contributed by atoms with Gasteiger partial charge in [0.1, 0.15) is 5.60 Å². The van der Waals surface area contributed by atoms with Crippen LogP contribution in [0.3, 0.4) is 0 Å². The predicted octanol–water partition coefficient (Wildman–Crippen LogP) is 3.62. The maximum absolute atomic E-state index is 12.0. The molecular formula is C19H30N2O2. The van der Waals surface area contributed by atoms with E-state index in [2.05, 4.69) is 49.3 Å². The van der Waals surface area contributed by atoms with E-state index < -0.39 is 5.60 Å². The molecule has 4 nitrogen and oxygen atoms in total. The van der Waals surface area contributed by atoms with Crippen molar-refractivity contribution in [1.29, 1.82) is 0 Å². The lowest BCUT2D eigenvalue weighted by Gasteiger charge is -2.36. The Bertz CT molecular complexity index is 563. The van der Waals surface area contributed by atoms with Crippen molar-refractivity contribution in [1.82, 2.24) is 10.2 Å². The number of nitrogens with one attached hydrogen (secondary N) is 1. The zero-order valence-electron chi connectivity index (χ0n) is 15.3. The number of ether oxygens (including phenoxy) is 1. The van der Waals surface area contributed by atoms with Crippen LogP contribution in [0.1, 0.15) is 49.8 Å². The second-order valence-electron chi connectivity index (χ2n) is 7.84. The molecule has 0 aliphatic carbocycles. The van der Waals surface area contributed by atoms with Crippen molar-refractivity contribution in [2.75, 3.05) is 20.1 Å². The molecule has 23 heavy (non-hydrogen) atoms. The SMILES string of the molecule is Cc1ccc(C2CC(NC(=O)OC(C)(C)C)CN(C)C2)cc1C. The van der Waals surface area contributed by atoms with Crippen molar-refractivity contribution in [2.24, 2.45) is 0 Å². The quantitative estimate of drug-likeness (QED) is 0.905. The van der Waals surface area contributed by atoms with E-state index in [9.17, 15) is 4.79 Å². The van der Waals surface area contributed by atoms with E-state index in [4.69, 9.17) is 4.74 Å². The molecule has 2 atom stereocenters. The monoisotopic (exact) mass is 318 g/mol. The lowest BCUT2D eigenvalue weighted by atomic mass is 9.87. The van der Waals surface area contributed by atoms with Gasteiger partial charge in [0.25, 0.3) is 0 Å². The number of alkyl carbamates (subject to hydrolysis) is 1. The van der Waals surface area contributed by atoms with E-state index in [-0.39, 0.29) is 12.1 Å². The summed E-state index contributed by atoms with van der Waals surface area (Å²) >= 11 is 0. The summed E-state index contributed by atoms with van der Waals surface area (Å²) in [7, 11) is 2.11. The first kappa shape index (κ1) is 17.8. The second-order valence-corrected chi connectivity index (χ2v) is 7.84. The number of aryl methyl sites for hydroxylation is 2. The summed E-state index contributed by atoms with van der Waals surface area (Å²) in [6, 6.07) is 6.81. The van der Waals surface area contributed by atoms with Crippen LogP contribution < -0.4 is 5.32 Å². The number of likely N-dealkylation sites (tertiary alicyclic amines) is 1. The van der Waals surface area contributed by atoms with E-state index in [1.807, 2.05) is 20.8 Å². The van der Waals surface area contributed by atoms with Gasteiger partial charge in [-0.2, -0.15) is 0 Å². The number of carbonyl (C=O) groups excluding carboxylic acids is 1. The smallest absolute Gasteiger partial charge is 0.407 e. The van der Waals surface area contributed by atoms with E-state index in [1.165, 1.54) is 16.7 Å². The number of nitrogens with zero attached hydrogens (tertiary/aromatic N) is 1. The molecule has 1 heterocycles. The molecule has 1 N–H and O–H groups in total. The third-order valence-corrected chi connectivity index (χ3v) is 4.36. The minimum atomic E-state index is -0.460. The fourth-order valence-electron chi connectivity index (χ4n) is 3.16.